The molecule has 117 valence electrons. The summed E-state index contributed by atoms with van der Waals surface area (Å²) in [4.78, 5) is 0. The Morgan fingerprint density at radius 2 is 0.727 bits per heavy atom. The van der Waals surface area contributed by atoms with Crippen molar-refractivity contribution in [3.05, 3.63) is 98.4 Å². The van der Waals surface area contributed by atoms with Crippen LogP contribution in [0.5, 0.6) is 0 Å². The third-order valence-corrected chi connectivity index (χ3v) is 5.92. The maximum Gasteiger partial charge on any atom is 0.102 e. The smallest absolute Gasteiger partial charge is 0.0620 e. The molecule has 0 nitrogen and oxygen atoms in total. The SMILES string of the molecule is [CH3-].[Cl][RuH2].c1ccc([PH+](c2ccccc2)c2ccccc2)cc1. The Morgan fingerprint density at radius 3 is 0.955 bits per heavy atom. The van der Waals surface area contributed by atoms with E-state index >= 15 is 0 Å². The third kappa shape index (κ3) is 5.03. The fraction of sp³-hybridized carbons (Fsp3) is 0. The molecule has 0 radical (unpaired) electrons. The van der Waals surface area contributed by atoms with Gasteiger partial charge in [-0.1, -0.05) is 54.6 Å². The predicted molar refractivity (Wildman–Crippen MR) is 102 cm³/mol. The van der Waals surface area contributed by atoms with Crippen molar-refractivity contribution in [2.24, 2.45) is 0 Å². The van der Waals surface area contributed by atoms with Gasteiger partial charge >= 0.3 is 27.0 Å². The molecule has 0 fully saturated rings. The molecule has 0 N–H and O–H groups in total. The summed E-state index contributed by atoms with van der Waals surface area (Å²) in [5.74, 6) is 0. The second-order valence-corrected chi connectivity index (χ2v) is 6.96. The van der Waals surface area contributed by atoms with Crippen LogP contribution in [0.1, 0.15) is 0 Å². The second kappa shape index (κ2) is 10.7. The van der Waals surface area contributed by atoms with Crippen LogP contribution >= 0.6 is 17.6 Å². The van der Waals surface area contributed by atoms with Gasteiger partial charge in [0.15, 0.2) is 0 Å². The van der Waals surface area contributed by atoms with E-state index in [-0.39, 0.29) is 7.43 Å². The van der Waals surface area contributed by atoms with Gasteiger partial charge in [-0.3, -0.25) is 0 Å². The van der Waals surface area contributed by atoms with E-state index in [0.717, 1.165) is 0 Å². The average molecular weight is 417 g/mol. The van der Waals surface area contributed by atoms with Gasteiger partial charge in [-0.15, -0.1) is 0 Å². The molecule has 0 saturated heterocycles. The van der Waals surface area contributed by atoms with Gasteiger partial charge in [0, 0.05) is 0 Å². The van der Waals surface area contributed by atoms with Gasteiger partial charge in [0.25, 0.3) is 0 Å². The number of hydrogen-bond acceptors (Lipinski definition) is 0. The second-order valence-electron chi connectivity index (χ2n) is 4.47. The number of rotatable bonds is 3. The Morgan fingerprint density at radius 1 is 0.500 bits per heavy atom. The average Bonchev–Trinajstić information content (AvgIpc) is 2.60. The van der Waals surface area contributed by atoms with Crippen molar-refractivity contribution in [3.8, 4) is 0 Å². The monoisotopic (exact) mass is 417 g/mol. The van der Waals surface area contributed by atoms with Crippen molar-refractivity contribution in [1.29, 1.82) is 0 Å². The first-order valence-electron chi connectivity index (χ1n) is 6.64. The molecule has 0 amide bonds. The normalized spacial score (nSPS) is 9.45. The van der Waals surface area contributed by atoms with Crippen LogP contribution in [0.2, 0.25) is 0 Å². The molecule has 0 aromatic heterocycles. The first-order valence-corrected chi connectivity index (χ1v) is 10.7. The van der Waals surface area contributed by atoms with E-state index < -0.39 is 7.92 Å². The molecule has 22 heavy (non-hydrogen) atoms. The minimum absolute atomic E-state index is 0. The summed E-state index contributed by atoms with van der Waals surface area (Å²) in [7, 11) is 3.77. The largest absolute Gasteiger partial charge is 0.102 e. The fourth-order valence-electron chi connectivity index (χ4n) is 2.31. The van der Waals surface area contributed by atoms with Crippen LogP contribution in [0, 0.1) is 7.43 Å². The molecule has 0 saturated carbocycles. The molecular weight excluding hydrogens is 396 g/mol. The van der Waals surface area contributed by atoms with Crippen LogP contribution < -0.4 is 15.9 Å². The van der Waals surface area contributed by atoms with E-state index in [0.29, 0.717) is 0 Å². The maximum absolute atomic E-state index is 4.65. The molecule has 0 aliphatic carbocycles. The van der Waals surface area contributed by atoms with Crippen LogP contribution in [0.4, 0.5) is 0 Å². The third-order valence-electron chi connectivity index (χ3n) is 3.19. The number of benzene rings is 3. The minimum Gasteiger partial charge on any atom is -0.0620 e. The molecule has 3 rings (SSSR count). The molecule has 0 aliphatic rings. The molecule has 0 aliphatic heterocycles. The molecular formula is C19H21ClPRu. The fourth-order valence-corrected chi connectivity index (χ4v) is 4.89. The van der Waals surface area contributed by atoms with Gasteiger partial charge in [0.1, 0.15) is 15.9 Å². The minimum atomic E-state index is -0.877. The number of halogens is 1. The van der Waals surface area contributed by atoms with Gasteiger partial charge in [0.2, 0.25) is 0 Å². The first kappa shape index (κ1) is 19.1. The summed E-state index contributed by atoms with van der Waals surface area (Å²) in [5, 5.41) is 4.31. The Hall–Kier alpha value is -0.997. The van der Waals surface area contributed by atoms with E-state index in [1.165, 1.54) is 33.2 Å². The van der Waals surface area contributed by atoms with E-state index in [9.17, 15) is 0 Å². The van der Waals surface area contributed by atoms with Gasteiger partial charge in [-0.05, 0) is 36.4 Å². The zero-order valence-corrected chi connectivity index (χ0v) is 16.2. The van der Waals surface area contributed by atoms with Gasteiger partial charge in [0.05, 0.1) is 7.92 Å². The topological polar surface area (TPSA) is 0 Å². The summed E-state index contributed by atoms with van der Waals surface area (Å²) in [6.07, 6.45) is 0. The molecule has 3 aromatic carbocycles. The van der Waals surface area contributed by atoms with Gasteiger partial charge in [-0.25, -0.2) is 0 Å². The molecule has 3 aromatic rings. The van der Waals surface area contributed by atoms with Crippen molar-refractivity contribution >= 4 is 33.5 Å². The van der Waals surface area contributed by atoms with Crippen molar-refractivity contribution in [3.63, 3.8) is 0 Å². The Bertz CT molecular complexity index is 535. The van der Waals surface area contributed by atoms with Crippen LogP contribution in [-0.4, -0.2) is 0 Å². The van der Waals surface area contributed by atoms with E-state index in [2.05, 4.69) is 101 Å². The molecule has 0 spiro atoms. The molecule has 0 unspecified atom stereocenters. The standard InChI is InChI=1S/C18H15P.CH3.ClH.Ru.2H/c1-4-10-16(11-5-1)19(17-12-6-2-7-13-17)18-14-8-3-9-15-18;;;;;/h1-15H;1H3;1H;;;/q;-1;;+1;;. The van der Waals surface area contributed by atoms with Crippen LogP contribution in [-0.2, 0) is 17.3 Å². The Kier molecular flexibility index (Phi) is 9.25. The Balaban J connectivity index is 0.000000775. The summed E-state index contributed by atoms with van der Waals surface area (Å²) in [5.41, 5.74) is 0. The zero-order chi connectivity index (χ0) is 14.9. The quantitative estimate of drug-likeness (QED) is 0.346. The van der Waals surface area contributed by atoms with Crippen molar-refractivity contribution in [2.45, 2.75) is 0 Å². The van der Waals surface area contributed by atoms with E-state index in [1.807, 2.05) is 0 Å². The van der Waals surface area contributed by atoms with Crippen LogP contribution in [0.15, 0.2) is 91.0 Å². The Labute approximate surface area is 149 Å². The number of hydrogen-bond donors (Lipinski definition) is 0. The summed E-state index contributed by atoms with van der Waals surface area (Å²) in [6.45, 7) is 0. The molecule has 0 heterocycles. The van der Waals surface area contributed by atoms with Crippen molar-refractivity contribution < 1.29 is 17.3 Å². The van der Waals surface area contributed by atoms with E-state index in [4.69, 9.17) is 0 Å². The van der Waals surface area contributed by atoms with Crippen molar-refractivity contribution in [1.82, 2.24) is 0 Å². The molecule has 3 heteroatoms. The summed E-state index contributed by atoms with van der Waals surface area (Å²) >= 11 is 1.42. The van der Waals surface area contributed by atoms with Gasteiger partial charge in [-0.2, -0.15) is 0 Å². The van der Waals surface area contributed by atoms with Crippen molar-refractivity contribution in [2.75, 3.05) is 0 Å². The molecule has 0 atom stereocenters. The van der Waals surface area contributed by atoms with Crippen LogP contribution in [0.25, 0.3) is 0 Å². The molecule has 0 bridgehead atoms. The van der Waals surface area contributed by atoms with E-state index in [1.54, 1.807) is 0 Å². The summed E-state index contributed by atoms with van der Waals surface area (Å²) < 4.78 is 0. The van der Waals surface area contributed by atoms with Gasteiger partial charge < -0.3 is 7.43 Å². The maximum atomic E-state index is 4.65. The van der Waals surface area contributed by atoms with Crippen LogP contribution in [0.3, 0.4) is 0 Å². The zero-order valence-electron chi connectivity index (χ0n) is 12.4. The first-order chi connectivity index (χ1) is 10.4. The summed E-state index contributed by atoms with van der Waals surface area (Å²) in [6, 6.07) is 32.5. The predicted octanol–water partition coefficient (Wildman–Crippen LogP) is 3.78.